The summed E-state index contributed by atoms with van der Waals surface area (Å²) < 4.78 is 2.12. The summed E-state index contributed by atoms with van der Waals surface area (Å²) in [5, 5.41) is 14.2. The normalized spacial score (nSPS) is 12.2. The van der Waals surface area contributed by atoms with Crippen LogP contribution in [0.3, 0.4) is 0 Å². The summed E-state index contributed by atoms with van der Waals surface area (Å²) in [6.07, 6.45) is 3.94. The number of benzene rings is 3. The zero-order chi connectivity index (χ0) is 26.4. The summed E-state index contributed by atoms with van der Waals surface area (Å²) in [7, 11) is 2.04. The van der Waals surface area contributed by atoms with E-state index in [0.29, 0.717) is 13.1 Å². The third-order valence-electron chi connectivity index (χ3n) is 6.18. The average molecular weight is 507 g/mol. The topological polar surface area (TPSA) is 35.5 Å². The van der Waals surface area contributed by atoms with Gasteiger partial charge in [0.1, 0.15) is 0 Å². The van der Waals surface area contributed by atoms with E-state index in [1.807, 2.05) is 20.9 Å². The SMILES string of the molecule is CC.CCc1ccc(-c2cccc(SN(C)CC(O)CNC(C)(C)CCCc3ccccc3)c2)cc1. The fourth-order valence-electron chi connectivity index (χ4n) is 4.11. The molecule has 0 aliphatic rings. The van der Waals surface area contributed by atoms with E-state index in [1.54, 1.807) is 11.9 Å². The second-order valence-electron chi connectivity index (χ2n) is 9.74. The number of likely N-dealkylation sites (N-methyl/N-ethyl adjacent to an activating group) is 1. The minimum absolute atomic E-state index is 0.00311. The van der Waals surface area contributed by atoms with Crippen LogP contribution in [-0.2, 0) is 12.8 Å². The Bertz CT molecular complexity index is 989. The minimum Gasteiger partial charge on any atom is -0.390 e. The van der Waals surface area contributed by atoms with Gasteiger partial charge < -0.3 is 10.4 Å². The number of β-amino-alcohol motifs (C(OH)–C–C–N with tert-alkyl or cyclic N) is 1. The number of aliphatic hydroxyl groups excluding tert-OH is 1. The van der Waals surface area contributed by atoms with Crippen LogP contribution in [0.15, 0.2) is 83.8 Å². The van der Waals surface area contributed by atoms with Gasteiger partial charge in [-0.05, 0) is 92.9 Å². The molecule has 0 heterocycles. The van der Waals surface area contributed by atoms with Crippen LogP contribution < -0.4 is 5.32 Å². The molecule has 0 spiro atoms. The highest BCUT2D eigenvalue weighted by molar-refractivity contribution is 7.97. The zero-order valence-corrected chi connectivity index (χ0v) is 23.9. The van der Waals surface area contributed by atoms with Gasteiger partial charge in [-0.15, -0.1) is 0 Å². The molecule has 3 nitrogen and oxygen atoms in total. The van der Waals surface area contributed by atoms with Gasteiger partial charge in [0, 0.05) is 23.5 Å². The molecule has 1 unspecified atom stereocenters. The van der Waals surface area contributed by atoms with Crippen LogP contribution >= 0.6 is 11.9 Å². The molecular weight excluding hydrogens is 460 g/mol. The number of hydrogen-bond donors (Lipinski definition) is 2. The van der Waals surface area contributed by atoms with Crippen molar-refractivity contribution in [2.75, 3.05) is 20.1 Å². The lowest BCUT2D eigenvalue weighted by atomic mass is 9.95. The van der Waals surface area contributed by atoms with Gasteiger partial charge in [0.15, 0.2) is 0 Å². The molecule has 196 valence electrons. The molecule has 2 N–H and O–H groups in total. The highest BCUT2D eigenvalue weighted by atomic mass is 32.2. The van der Waals surface area contributed by atoms with Crippen LogP contribution in [0.4, 0.5) is 0 Å². The fraction of sp³-hybridized carbons (Fsp3) is 0.438. The highest BCUT2D eigenvalue weighted by Crippen LogP contribution is 2.27. The molecule has 0 saturated heterocycles. The molecule has 3 rings (SSSR count). The van der Waals surface area contributed by atoms with E-state index >= 15 is 0 Å². The maximum absolute atomic E-state index is 10.6. The Morgan fingerprint density at radius 1 is 0.889 bits per heavy atom. The molecule has 1 atom stereocenters. The molecule has 0 amide bonds. The molecule has 0 bridgehead atoms. The molecule has 0 saturated carbocycles. The van der Waals surface area contributed by atoms with Crippen molar-refractivity contribution in [2.45, 2.75) is 76.8 Å². The summed E-state index contributed by atoms with van der Waals surface area (Å²) in [6, 6.07) is 28.1. The van der Waals surface area contributed by atoms with Crippen molar-refractivity contribution >= 4 is 11.9 Å². The average Bonchev–Trinajstić information content (AvgIpc) is 2.89. The number of nitrogens with one attached hydrogen (secondary N) is 1. The lowest BCUT2D eigenvalue weighted by Crippen LogP contribution is -2.45. The summed E-state index contributed by atoms with van der Waals surface area (Å²) >= 11 is 1.68. The van der Waals surface area contributed by atoms with E-state index in [4.69, 9.17) is 0 Å². The molecule has 36 heavy (non-hydrogen) atoms. The molecule has 4 heteroatoms. The first kappa shape index (κ1) is 30.1. The summed E-state index contributed by atoms with van der Waals surface area (Å²) in [5.74, 6) is 0. The molecule has 3 aromatic carbocycles. The van der Waals surface area contributed by atoms with Crippen LogP contribution in [0.25, 0.3) is 11.1 Å². The van der Waals surface area contributed by atoms with Crippen molar-refractivity contribution in [2.24, 2.45) is 0 Å². The second-order valence-corrected chi connectivity index (χ2v) is 11.0. The van der Waals surface area contributed by atoms with Crippen molar-refractivity contribution in [1.29, 1.82) is 0 Å². The van der Waals surface area contributed by atoms with Gasteiger partial charge in [-0.2, -0.15) is 0 Å². The van der Waals surface area contributed by atoms with Gasteiger partial charge >= 0.3 is 0 Å². The van der Waals surface area contributed by atoms with E-state index < -0.39 is 6.10 Å². The first-order chi connectivity index (χ1) is 17.3. The van der Waals surface area contributed by atoms with Crippen LogP contribution in [0.5, 0.6) is 0 Å². The summed E-state index contributed by atoms with van der Waals surface area (Å²) in [5.41, 5.74) is 5.21. The van der Waals surface area contributed by atoms with E-state index in [1.165, 1.54) is 27.1 Å². The Morgan fingerprint density at radius 2 is 1.58 bits per heavy atom. The predicted molar refractivity (Wildman–Crippen MR) is 159 cm³/mol. The van der Waals surface area contributed by atoms with E-state index in [2.05, 4.69) is 109 Å². The van der Waals surface area contributed by atoms with Crippen molar-refractivity contribution < 1.29 is 5.11 Å². The number of rotatable bonds is 13. The molecule has 0 fully saturated rings. The Hall–Kier alpha value is -2.11. The first-order valence-electron chi connectivity index (χ1n) is 13.4. The van der Waals surface area contributed by atoms with Crippen LogP contribution in [0.1, 0.15) is 58.6 Å². The Morgan fingerprint density at radius 3 is 2.25 bits per heavy atom. The van der Waals surface area contributed by atoms with Crippen LogP contribution in [-0.4, -0.2) is 41.2 Å². The van der Waals surface area contributed by atoms with Crippen LogP contribution in [0, 0.1) is 0 Å². The quantitative estimate of drug-likeness (QED) is 0.234. The monoisotopic (exact) mass is 506 g/mol. The lowest BCUT2D eigenvalue weighted by Gasteiger charge is -2.29. The van der Waals surface area contributed by atoms with E-state index in [9.17, 15) is 5.11 Å². The van der Waals surface area contributed by atoms with E-state index in [0.717, 1.165) is 25.7 Å². The Labute approximate surface area is 224 Å². The Kier molecular flexibility index (Phi) is 13.3. The van der Waals surface area contributed by atoms with Gasteiger partial charge in [-0.25, -0.2) is 4.31 Å². The van der Waals surface area contributed by atoms with Crippen LogP contribution in [0.2, 0.25) is 0 Å². The molecule has 0 aliphatic carbocycles. The predicted octanol–water partition coefficient (Wildman–Crippen LogP) is 7.63. The van der Waals surface area contributed by atoms with Gasteiger partial charge in [-0.1, -0.05) is 87.5 Å². The maximum Gasteiger partial charge on any atom is 0.0800 e. The number of hydrogen-bond acceptors (Lipinski definition) is 4. The fourth-order valence-corrected chi connectivity index (χ4v) is 5.03. The lowest BCUT2D eigenvalue weighted by molar-refractivity contribution is 0.140. The van der Waals surface area contributed by atoms with Crippen molar-refractivity contribution in [3.05, 3.63) is 90.0 Å². The number of aryl methyl sites for hydroxylation is 2. The molecule has 3 aromatic rings. The largest absolute Gasteiger partial charge is 0.390 e. The second kappa shape index (κ2) is 15.9. The van der Waals surface area contributed by atoms with Crippen molar-refractivity contribution in [3.63, 3.8) is 0 Å². The third-order valence-corrected chi connectivity index (χ3v) is 7.11. The number of nitrogens with zero attached hydrogens (tertiary/aromatic N) is 1. The Balaban J connectivity index is 0.00000222. The smallest absolute Gasteiger partial charge is 0.0800 e. The molecule has 0 radical (unpaired) electrons. The molecule has 0 aromatic heterocycles. The first-order valence-corrected chi connectivity index (χ1v) is 14.2. The summed E-state index contributed by atoms with van der Waals surface area (Å²) in [6.45, 7) is 11.8. The van der Waals surface area contributed by atoms with Gasteiger partial charge in [0.2, 0.25) is 0 Å². The van der Waals surface area contributed by atoms with Gasteiger partial charge in [0.05, 0.1) is 6.10 Å². The van der Waals surface area contributed by atoms with Crippen molar-refractivity contribution in [1.82, 2.24) is 9.62 Å². The molecular formula is C32H46N2OS. The standard InChI is InChI=1S/C30H40N2OS.C2H6/c1-5-24-16-18-26(19-17-24)27-14-9-15-29(21-27)34-32(4)23-28(33)22-31-30(2,3)20-10-13-25-11-7-6-8-12-25;1-2/h6-9,11-12,14-19,21,28,31,33H,5,10,13,20,22-23H2,1-4H3;1-2H3. The summed E-state index contributed by atoms with van der Waals surface area (Å²) in [4.78, 5) is 1.18. The third kappa shape index (κ3) is 10.9. The van der Waals surface area contributed by atoms with E-state index in [-0.39, 0.29) is 5.54 Å². The minimum atomic E-state index is -0.421. The number of aliphatic hydroxyl groups is 1. The maximum atomic E-state index is 10.6. The highest BCUT2D eigenvalue weighted by Gasteiger charge is 2.19. The van der Waals surface area contributed by atoms with Crippen molar-refractivity contribution in [3.8, 4) is 11.1 Å². The molecule has 0 aliphatic heterocycles. The van der Waals surface area contributed by atoms with Gasteiger partial charge in [-0.3, -0.25) is 0 Å². The van der Waals surface area contributed by atoms with Gasteiger partial charge in [0.25, 0.3) is 0 Å². The zero-order valence-electron chi connectivity index (χ0n) is 23.1.